The van der Waals surface area contributed by atoms with E-state index in [0.29, 0.717) is 29.5 Å². The lowest BCUT2D eigenvalue weighted by Gasteiger charge is -2.07. The Morgan fingerprint density at radius 2 is 2.14 bits per heavy atom. The second-order valence-corrected chi connectivity index (χ2v) is 6.38. The summed E-state index contributed by atoms with van der Waals surface area (Å²) in [4.78, 5) is 23.0. The number of nitrogens with zero attached hydrogens (tertiary/aromatic N) is 2. The highest BCUT2D eigenvalue weighted by Crippen LogP contribution is 2.39. The van der Waals surface area contributed by atoms with Crippen molar-refractivity contribution in [2.24, 2.45) is 5.92 Å². The van der Waals surface area contributed by atoms with E-state index in [1.165, 1.54) is 0 Å². The van der Waals surface area contributed by atoms with Gasteiger partial charge in [0.05, 0.1) is 5.75 Å². The van der Waals surface area contributed by atoms with E-state index in [1.807, 2.05) is 0 Å². The summed E-state index contributed by atoms with van der Waals surface area (Å²) in [6.45, 7) is 4.70. The quantitative estimate of drug-likeness (QED) is 0.746. The zero-order valence-corrected chi connectivity index (χ0v) is 13.0. The standard InChI is InChI=1S/C13H20N4O3S/c1-8(2)5-6-14-12(19)15-10(18)7-21-13-17-16-11(20-13)9-3-4-9/h8-9H,3-7H2,1-2H3,(H2,14,15,18,19). The van der Waals surface area contributed by atoms with Crippen LogP contribution < -0.4 is 10.6 Å². The first-order chi connectivity index (χ1) is 10.0. The molecule has 3 amide bonds. The summed E-state index contributed by atoms with van der Waals surface area (Å²) in [5.41, 5.74) is 0. The zero-order valence-electron chi connectivity index (χ0n) is 12.2. The number of aromatic nitrogens is 2. The van der Waals surface area contributed by atoms with Gasteiger partial charge in [-0.2, -0.15) is 0 Å². The molecule has 21 heavy (non-hydrogen) atoms. The molecule has 1 heterocycles. The summed E-state index contributed by atoms with van der Waals surface area (Å²) < 4.78 is 5.41. The van der Waals surface area contributed by atoms with E-state index in [9.17, 15) is 9.59 Å². The lowest BCUT2D eigenvalue weighted by atomic mass is 10.1. The molecule has 0 radical (unpaired) electrons. The molecular weight excluding hydrogens is 292 g/mol. The number of hydrogen-bond acceptors (Lipinski definition) is 6. The van der Waals surface area contributed by atoms with Crippen molar-refractivity contribution >= 4 is 23.7 Å². The molecular formula is C13H20N4O3S. The van der Waals surface area contributed by atoms with Crippen LogP contribution in [-0.4, -0.2) is 34.4 Å². The highest BCUT2D eigenvalue weighted by atomic mass is 32.2. The smallest absolute Gasteiger partial charge is 0.321 e. The number of rotatable bonds is 7. The third-order valence-corrected chi connectivity index (χ3v) is 3.75. The SMILES string of the molecule is CC(C)CCNC(=O)NC(=O)CSc1nnc(C2CC2)o1. The van der Waals surface area contributed by atoms with Crippen LogP contribution in [0.2, 0.25) is 0 Å². The molecule has 1 saturated carbocycles. The molecule has 0 atom stereocenters. The van der Waals surface area contributed by atoms with Crippen LogP contribution in [0.1, 0.15) is 44.9 Å². The van der Waals surface area contributed by atoms with Gasteiger partial charge in [0.25, 0.3) is 5.22 Å². The zero-order chi connectivity index (χ0) is 15.2. The summed E-state index contributed by atoms with van der Waals surface area (Å²) in [5, 5.41) is 13.1. The van der Waals surface area contributed by atoms with Crippen molar-refractivity contribution in [2.45, 2.75) is 44.3 Å². The first kappa shape index (κ1) is 15.8. The minimum atomic E-state index is -0.467. The van der Waals surface area contributed by atoms with Crippen LogP contribution in [-0.2, 0) is 4.79 Å². The van der Waals surface area contributed by atoms with Gasteiger partial charge in [-0.05, 0) is 25.2 Å². The van der Waals surface area contributed by atoms with Crippen LogP contribution in [0.3, 0.4) is 0 Å². The Morgan fingerprint density at radius 3 is 2.81 bits per heavy atom. The minimum absolute atomic E-state index is 0.0733. The number of carbonyl (C=O) groups is 2. The number of carbonyl (C=O) groups excluding carboxylic acids is 2. The highest BCUT2D eigenvalue weighted by Gasteiger charge is 2.29. The predicted molar refractivity (Wildman–Crippen MR) is 78.0 cm³/mol. The first-order valence-electron chi connectivity index (χ1n) is 7.08. The van der Waals surface area contributed by atoms with Crippen LogP contribution in [0.15, 0.2) is 9.64 Å². The number of thioether (sulfide) groups is 1. The van der Waals surface area contributed by atoms with E-state index >= 15 is 0 Å². The molecule has 1 aliphatic carbocycles. The van der Waals surface area contributed by atoms with Crippen LogP contribution in [0.25, 0.3) is 0 Å². The van der Waals surface area contributed by atoms with E-state index in [2.05, 4.69) is 34.7 Å². The Labute approximate surface area is 127 Å². The second kappa shape index (κ2) is 7.44. The third-order valence-electron chi connectivity index (χ3n) is 2.94. The second-order valence-electron chi connectivity index (χ2n) is 5.46. The fraction of sp³-hybridized carbons (Fsp3) is 0.692. The first-order valence-corrected chi connectivity index (χ1v) is 8.07. The summed E-state index contributed by atoms with van der Waals surface area (Å²) in [5.74, 6) is 1.24. The van der Waals surface area contributed by atoms with Gasteiger partial charge in [-0.25, -0.2) is 4.79 Å². The van der Waals surface area contributed by atoms with Gasteiger partial charge in [0.15, 0.2) is 0 Å². The Hall–Kier alpha value is -1.57. The van der Waals surface area contributed by atoms with Crippen molar-refractivity contribution in [2.75, 3.05) is 12.3 Å². The molecule has 116 valence electrons. The van der Waals surface area contributed by atoms with E-state index in [-0.39, 0.29) is 11.7 Å². The number of amides is 3. The van der Waals surface area contributed by atoms with Crippen molar-refractivity contribution in [1.82, 2.24) is 20.8 Å². The lowest BCUT2D eigenvalue weighted by Crippen LogP contribution is -2.40. The molecule has 1 aromatic heterocycles. The average molecular weight is 312 g/mol. The molecule has 1 fully saturated rings. The molecule has 8 heteroatoms. The van der Waals surface area contributed by atoms with Gasteiger partial charge in [0.2, 0.25) is 11.8 Å². The van der Waals surface area contributed by atoms with E-state index in [4.69, 9.17) is 4.42 Å². The number of urea groups is 1. The van der Waals surface area contributed by atoms with Crippen molar-refractivity contribution in [1.29, 1.82) is 0 Å². The van der Waals surface area contributed by atoms with Gasteiger partial charge in [-0.3, -0.25) is 10.1 Å². The monoisotopic (exact) mass is 312 g/mol. The summed E-state index contributed by atoms with van der Waals surface area (Å²) in [7, 11) is 0. The van der Waals surface area contributed by atoms with E-state index < -0.39 is 6.03 Å². The van der Waals surface area contributed by atoms with E-state index in [1.54, 1.807) is 0 Å². The molecule has 0 aliphatic heterocycles. The molecule has 0 unspecified atom stereocenters. The summed E-state index contributed by atoms with van der Waals surface area (Å²) in [6, 6.07) is -0.467. The molecule has 0 bridgehead atoms. The topological polar surface area (TPSA) is 97.1 Å². The summed E-state index contributed by atoms with van der Waals surface area (Å²) in [6.07, 6.45) is 3.05. The van der Waals surface area contributed by atoms with E-state index in [0.717, 1.165) is 31.0 Å². The molecule has 7 nitrogen and oxygen atoms in total. The maximum absolute atomic E-state index is 11.6. The van der Waals surface area contributed by atoms with Gasteiger partial charge in [0, 0.05) is 12.5 Å². The Bertz CT molecular complexity index is 499. The molecule has 0 aromatic carbocycles. The van der Waals surface area contributed by atoms with Crippen LogP contribution in [0.4, 0.5) is 4.79 Å². The summed E-state index contributed by atoms with van der Waals surface area (Å²) >= 11 is 1.13. The van der Waals surface area contributed by atoms with Crippen LogP contribution in [0, 0.1) is 5.92 Å². The van der Waals surface area contributed by atoms with Crippen molar-refractivity contribution in [3.8, 4) is 0 Å². The predicted octanol–water partition coefficient (Wildman–Crippen LogP) is 1.91. The fourth-order valence-corrected chi connectivity index (χ4v) is 2.15. The van der Waals surface area contributed by atoms with Gasteiger partial charge in [-0.15, -0.1) is 10.2 Å². The lowest BCUT2D eigenvalue weighted by molar-refractivity contribution is -0.117. The minimum Gasteiger partial charge on any atom is -0.416 e. The Morgan fingerprint density at radius 1 is 1.38 bits per heavy atom. The Balaban J connectivity index is 1.63. The largest absolute Gasteiger partial charge is 0.416 e. The number of imide groups is 1. The molecule has 0 saturated heterocycles. The van der Waals surface area contributed by atoms with Crippen molar-refractivity contribution in [3.63, 3.8) is 0 Å². The molecule has 0 spiro atoms. The van der Waals surface area contributed by atoms with Crippen LogP contribution in [0.5, 0.6) is 0 Å². The van der Waals surface area contributed by atoms with Gasteiger partial charge >= 0.3 is 6.03 Å². The highest BCUT2D eigenvalue weighted by molar-refractivity contribution is 7.99. The Kier molecular flexibility index (Phi) is 5.60. The number of hydrogen-bond donors (Lipinski definition) is 2. The average Bonchev–Trinajstić information content (AvgIpc) is 3.15. The van der Waals surface area contributed by atoms with Gasteiger partial charge in [0.1, 0.15) is 0 Å². The van der Waals surface area contributed by atoms with Gasteiger partial charge < -0.3 is 9.73 Å². The third kappa shape index (κ3) is 5.74. The molecule has 1 aromatic rings. The van der Waals surface area contributed by atoms with Crippen LogP contribution >= 0.6 is 11.8 Å². The fourth-order valence-electron chi connectivity index (χ4n) is 1.58. The normalized spacial score (nSPS) is 14.2. The molecule has 2 rings (SSSR count). The molecule has 1 aliphatic rings. The van der Waals surface area contributed by atoms with Crippen molar-refractivity contribution < 1.29 is 14.0 Å². The van der Waals surface area contributed by atoms with Gasteiger partial charge in [-0.1, -0.05) is 25.6 Å². The maximum Gasteiger partial charge on any atom is 0.321 e. The molecule has 2 N–H and O–H groups in total. The number of nitrogens with one attached hydrogen (secondary N) is 2. The maximum atomic E-state index is 11.6. The van der Waals surface area contributed by atoms with Crippen molar-refractivity contribution in [3.05, 3.63) is 5.89 Å².